The lowest BCUT2D eigenvalue weighted by atomic mass is 9.99. The minimum Gasteiger partial charge on any atom is -0.369 e. The van der Waals surface area contributed by atoms with Crippen LogP contribution in [0.1, 0.15) is 33.9 Å². The van der Waals surface area contributed by atoms with Crippen LogP contribution >= 0.6 is 23.5 Å². The van der Waals surface area contributed by atoms with Gasteiger partial charge in [0.25, 0.3) is 5.56 Å². The molecular weight excluding hydrogens is 551 g/mol. The maximum absolute atomic E-state index is 12.2. The highest BCUT2D eigenvalue weighted by atomic mass is 31.3. The van der Waals surface area contributed by atoms with Crippen molar-refractivity contribution < 1.29 is 55.9 Å². The Labute approximate surface area is 203 Å². The normalized spacial score (nSPS) is 26.7. The number of rotatable bonds is 9. The average Bonchev–Trinajstić information content (AvgIpc) is 3.18. The van der Waals surface area contributed by atoms with E-state index in [0.717, 1.165) is 0 Å². The molecule has 36 heavy (non-hydrogen) atoms. The van der Waals surface area contributed by atoms with Crippen LogP contribution in [0.15, 0.2) is 11.1 Å². The monoisotopic (exact) mass is 577 g/mol. The summed E-state index contributed by atoms with van der Waals surface area (Å²) in [6.07, 6.45) is -1.40. The summed E-state index contributed by atoms with van der Waals surface area (Å²) >= 11 is 0. The van der Waals surface area contributed by atoms with E-state index < -0.39 is 65.6 Å². The van der Waals surface area contributed by atoms with Gasteiger partial charge in [0.1, 0.15) is 6.10 Å². The van der Waals surface area contributed by atoms with Gasteiger partial charge in [-0.1, -0.05) is 6.92 Å². The summed E-state index contributed by atoms with van der Waals surface area (Å²) in [5, 5.41) is 0. The van der Waals surface area contributed by atoms with Gasteiger partial charge in [-0.3, -0.25) is 18.9 Å². The first-order valence-electron chi connectivity index (χ1n) is 10.1. The summed E-state index contributed by atoms with van der Waals surface area (Å²) in [4.78, 5) is 59.0. The predicted molar refractivity (Wildman–Crippen MR) is 120 cm³/mol. The van der Waals surface area contributed by atoms with Crippen molar-refractivity contribution in [3.05, 3.63) is 16.7 Å². The standard InChI is InChI=1S/C15H26N5O13P3/c1-7-8(5-29-35(25,26)33-36(27,28)32-34(22,23)24)30-13(10(7)31-15(2,3)4)20-6-17-9-11(20)18-14(16)19-12(9)21/h6-8,10,13H,5H2,1-4H3,(H,25,26)(H,27,28)(H2,22,23,24)(H3,16,18,19,21)/t7-,8+,10?,13+/m0/s1. The molecule has 1 aliphatic heterocycles. The Morgan fingerprint density at radius 2 is 1.81 bits per heavy atom. The van der Waals surface area contributed by atoms with Crippen molar-refractivity contribution in [2.24, 2.45) is 5.92 Å². The topological polar surface area (TPSA) is 268 Å². The molecule has 7 N–H and O–H groups in total. The number of ether oxygens (including phenoxy) is 2. The van der Waals surface area contributed by atoms with Crippen LogP contribution in [0.3, 0.4) is 0 Å². The summed E-state index contributed by atoms with van der Waals surface area (Å²) in [7, 11) is -16.6. The van der Waals surface area contributed by atoms with Gasteiger partial charge in [0, 0.05) is 5.92 Å². The quantitative estimate of drug-likeness (QED) is 0.225. The van der Waals surface area contributed by atoms with E-state index in [-0.39, 0.29) is 17.1 Å². The molecule has 0 aliphatic carbocycles. The van der Waals surface area contributed by atoms with Crippen LogP contribution in [-0.4, -0.2) is 63.5 Å². The van der Waals surface area contributed by atoms with Gasteiger partial charge in [-0.15, -0.1) is 0 Å². The molecule has 0 amide bonds. The fourth-order valence-corrected chi connectivity index (χ4v) is 6.47. The van der Waals surface area contributed by atoms with Crippen molar-refractivity contribution in [3.8, 4) is 0 Å². The number of H-pyrrole nitrogens is 1. The van der Waals surface area contributed by atoms with Gasteiger partial charge in [-0.05, 0) is 20.8 Å². The highest BCUT2D eigenvalue weighted by Crippen LogP contribution is 2.66. The number of hydrogen-bond donors (Lipinski definition) is 6. The van der Waals surface area contributed by atoms with E-state index in [4.69, 9.17) is 29.5 Å². The molecule has 0 radical (unpaired) electrons. The summed E-state index contributed by atoms with van der Waals surface area (Å²) < 4.78 is 60.1. The molecule has 2 aromatic rings. The van der Waals surface area contributed by atoms with Crippen molar-refractivity contribution in [2.45, 2.75) is 51.7 Å². The second-order valence-corrected chi connectivity index (χ2v) is 13.2. The van der Waals surface area contributed by atoms with Gasteiger partial charge in [0.2, 0.25) is 5.95 Å². The minimum atomic E-state index is -5.67. The fraction of sp³-hybridized carbons (Fsp3) is 0.667. The number of phosphoric ester groups is 1. The Morgan fingerprint density at radius 3 is 2.39 bits per heavy atom. The Morgan fingerprint density at radius 1 is 1.17 bits per heavy atom. The van der Waals surface area contributed by atoms with Crippen LogP contribution in [0.5, 0.6) is 0 Å². The maximum Gasteiger partial charge on any atom is 0.490 e. The number of aromatic amines is 1. The van der Waals surface area contributed by atoms with Crippen molar-refractivity contribution >= 4 is 40.6 Å². The summed E-state index contributed by atoms with van der Waals surface area (Å²) in [5.41, 5.74) is 4.45. The van der Waals surface area contributed by atoms with E-state index in [1.54, 1.807) is 27.7 Å². The van der Waals surface area contributed by atoms with Gasteiger partial charge in [-0.25, -0.2) is 18.7 Å². The molecule has 1 aliphatic rings. The first-order chi connectivity index (χ1) is 16.3. The van der Waals surface area contributed by atoms with Crippen molar-refractivity contribution in [2.75, 3.05) is 12.3 Å². The van der Waals surface area contributed by atoms with Gasteiger partial charge < -0.3 is 34.8 Å². The lowest BCUT2D eigenvalue weighted by molar-refractivity contribution is -0.119. The van der Waals surface area contributed by atoms with Crippen LogP contribution < -0.4 is 11.3 Å². The molecule has 0 saturated carbocycles. The van der Waals surface area contributed by atoms with Gasteiger partial charge in [-0.2, -0.15) is 13.6 Å². The zero-order valence-corrected chi connectivity index (χ0v) is 22.0. The third-order valence-corrected chi connectivity index (χ3v) is 8.53. The Bertz CT molecular complexity index is 1320. The molecule has 0 aromatic carbocycles. The molecule has 3 unspecified atom stereocenters. The number of hydrogen-bond acceptors (Lipinski definition) is 12. The summed E-state index contributed by atoms with van der Waals surface area (Å²) in [6.45, 7) is 6.33. The number of aromatic nitrogens is 4. The maximum atomic E-state index is 12.2. The SMILES string of the molecule is C[C@@H]1C(OC(C)(C)C)[C@H](n2cnc3c(=O)[nH]c(N)nc32)O[C@@H]1COP(=O)(O)OP(=O)(O)OP(=O)(O)O. The van der Waals surface area contributed by atoms with Crippen molar-refractivity contribution in [1.29, 1.82) is 0 Å². The average molecular weight is 577 g/mol. The molecule has 3 rings (SSSR count). The number of nitrogens with zero attached hydrogens (tertiary/aromatic N) is 3. The number of phosphoric acid groups is 3. The van der Waals surface area contributed by atoms with Gasteiger partial charge in [0.05, 0.1) is 24.6 Å². The third kappa shape index (κ3) is 7.28. The fourth-order valence-electron chi connectivity index (χ4n) is 3.44. The van der Waals surface area contributed by atoms with E-state index in [1.165, 1.54) is 10.9 Å². The molecule has 21 heteroatoms. The van der Waals surface area contributed by atoms with E-state index in [2.05, 4.69) is 23.6 Å². The van der Waals surface area contributed by atoms with Crippen LogP contribution in [0.25, 0.3) is 11.2 Å². The number of nitrogens with two attached hydrogens (primary N) is 1. The summed E-state index contributed by atoms with van der Waals surface area (Å²) in [6, 6.07) is 0. The Balaban J connectivity index is 1.84. The molecule has 1 saturated heterocycles. The zero-order chi connectivity index (χ0) is 27.3. The second kappa shape index (κ2) is 9.98. The lowest BCUT2D eigenvalue weighted by Crippen LogP contribution is -2.36. The number of anilines is 1. The van der Waals surface area contributed by atoms with Crippen LogP contribution in [-0.2, 0) is 36.3 Å². The molecule has 2 aromatic heterocycles. The second-order valence-electron chi connectivity index (χ2n) is 8.78. The lowest BCUT2D eigenvalue weighted by Gasteiger charge is -2.30. The van der Waals surface area contributed by atoms with E-state index in [1.807, 2.05) is 0 Å². The molecule has 0 bridgehead atoms. The molecule has 204 valence electrons. The Kier molecular flexibility index (Phi) is 8.05. The first kappa shape index (κ1) is 29.0. The van der Waals surface area contributed by atoms with Crippen molar-refractivity contribution in [3.63, 3.8) is 0 Å². The number of nitrogens with one attached hydrogen (secondary N) is 1. The van der Waals surface area contributed by atoms with E-state index in [9.17, 15) is 28.3 Å². The smallest absolute Gasteiger partial charge is 0.369 e. The van der Waals surface area contributed by atoms with E-state index in [0.29, 0.717) is 0 Å². The van der Waals surface area contributed by atoms with Crippen molar-refractivity contribution in [1.82, 2.24) is 19.5 Å². The molecule has 18 nitrogen and oxygen atoms in total. The minimum absolute atomic E-state index is 0.0216. The molecule has 1 fully saturated rings. The highest BCUT2D eigenvalue weighted by Gasteiger charge is 2.48. The Hall–Kier alpha value is -1.52. The number of fused-ring (bicyclic) bond motifs is 1. The first-order valence-corrected chi connectivity index (χ1v) is 14.6. The van der Waals surface area contributed by atoms with Gasteiger partial charge in [0.15, 0.2) is 17.4 Å². The number of nitrogen functional groups attached to an aromatic ring is 1. The molecule has 0 spiro atoms. The van der Waals surface area contributed by atoms with Crippen LogP contribution in [0.4, 0.5) is 5.95 Å². The molecule has 3 heterocycles. The predicted octanol–water partition coefficient (Wildman–Crippen LogP) is 0.762. The summed E-state index contributed by atoms with van der Waals surface area (Å²) in [5.74, 6) is -0.712. The van der Waals surface area contributed by atoms with Gasteiger partial charge >= 0.3 is 23.5 Å². The molecule has 6 atom stereocenters. The van der Waals surface area contributed by atoms with Crippen LogP contribution in [0.2, 0.25) is 0 Å². The largest absolute Gasteiger partial charge is 0.490 e. The van der Waals surface area contributed by atoms with Crippen LogP contribution in [0, 0.1) is 5.92 Å². The zero-order valence-electron chi connectivity index (χ0n) is 19.3. The third-order valence-electron chi connectivity index (χ3n) is 4.73. The van der Waals surface area contributed by atoms with E-state index >= 15 is 0 Å². The molecular formula is C15H26N5O13P3. The highest BCUT2D eigenvalue weighted by molar-refractivity contribution is 7.66. The number of imidazole rings is 1.